The first kappa shape index (κ1) is 11.4. The summed E-state index contributed by atoms with van der Waals surface area (Å²) in [5.74, 6) is -0.960. The summed E-state index contributed by atoms with van der Waals surface area (Å²) in [7, 11) is 0. The molecule has 0 aliphatic carbocycles. The minimum absolute atomic E-state index is 0.201. The molecule has 0 aliphatic rings. The maximum atomic E-state index is 10.7. The summed E-state index contributed by atoms with van der Waals surface area (Å²) in [6.45, 7) is 3.54. The lowest BCUT2D eigenvalue weighted by Crippen LogP contribution is -2.07. The van der Waals surface area contributed by atoms with Crippen molar-refractivity contribution in [3.8, 4) is 0 Å². The van der Waals surface area contributed by atoms with Crippen LogP contribution in [0.5, 0.6) is 0 Å². The maximum Gasteiger partial charge on any atom is 0.338 e. The van der Waals surface area contributed by atoms with E-state index in [4.69, 9.17) is 5.11 Å². The zero-order valence-corrected chi connectivity index (χ0v) is 9.58. The smallest absolute Gasteiger partial charge is 0.338 e. The van der Waals surface area contributed by atoms with Gasteiger partial charge in [-0.3, -0.25) is 4.68 Å². The topological polar surface area (TPSA) is 72.9 Å². The first-order valence-corrected chi connectivity index (χ1v) is 5.45. The first-order valence-electron chi connectivity index (χ1n) is 5.45. The van der Waals surface area contributed by atoms with Crippen LogP contribution < -0.4 is 0 Å². The van der Waals surface area contributed by atoms with Crippen LogP contribution in [0, 0.1) is 0 Å². The molecule has 0 spiro atoms. The number of carboxylic acid groups (broad SMARTS) is 1. The molecule has 2 heterocycles. The molecule has 17 heavy (non-hydrogen) atoms. The first-order chi connectivity index (χ1) is 8.20. The Morgan fingerprint density at radius 2 is 2.29 bits per heavy atom. The van der Waals surface area contributed by atoms with E-state index in [1.807, 2.05) is 4.57 Å². The van der Waals surface area contributed by atoms with E-state index in [0.29, 0.717) is 6.54 Å². The summed E-state index contributed by atoms with van der Waals surface area (Å²) in [5.41, 5.74) is 1.22. The monoisotopic (exact) mass is 234 g/mol. The zero-order valence-electron chi connectivity index (χ0n) is 9.58. The average molecular weight is 234 g/mol. The van der Waals surface area contributed by atoms with Crippen molar-refractivity contribution in [3.05, 3.63) is 36.2 Å². The van der Waals surface area contributed by atoms with Crippen LogP contribution in [0.15, 0.2) is 24.9 Å². The molecule has 0 amide bonds. The quantitative estimate of drug-likeness (QED) is 0.844. The molecule has 1 N–H and O–H groups in total. The van der Waals surface area contributed by atoms with E-state index in [2.05, 4.69) is 17.0 Å². The maximum absolute atomic E-state index is 10.7. The van der Waals surface area contributed by atoms with E-state index < -0.39 is 5.97 Å². The third kappa shape index (κ3) is 2.52. The Bertz CT molecular complexity index is 515. The van der Waals surface area contributed by atoms with Gasteiger partial charge in [0.2, 0.25) is 0 Å². The molecule has 6 heteroatoms. The Morgan fingerprint density at radius 3 is 2.94 bits per heavy atom. The molecule has 0 saturated carbocycles. The summed E-state index contributed by atoms with van der Waals surface area (Å²) < 4.78 is 3.65. The third-order valence-corrected chi connectivity index (χ3v) is 2.47. The van der Waals surface area contributed by atoms with Gasteiger partial charge in [-0.25, -0.2) is 9.78 Å². The average Bonchev–Trinajstić information content (AvgIpc) is 2.90. The standard InChI is InChI=1S/C11H14N4O2/c1-2-3-14-8-12-5-10(14)7-15-6-9(4-13-15)11(16)17/h4-6,8H,2-3,7H2,1H3,(H,16,17). The Morgan fingerprint density at radius 1 is 1.47 bits per heavy atom. The number of imidazole rings is 1. The minimum Gasteiger partial charge on any atom is -0.478 e. The number of aryl methyl sites for hydroxylation is 1. The normalized spacial score (nSPS) is 10.6. The molecular weight excluding hydrogens is 220 g/mol. The van der Waals surface area contributed by atoms with Crippen molar-refractivity contribution < 1.29 is 9.90 Å². The van der Waals surface area contributed by atoms with Crippen molar-refractivity contribution in [3.63, 3.8) is 0 Å². The van der Waals surface area contributed by atoms with Gasteiger partial charge in [0.25, 0.3) is 0 Å². The number of nitrogens with zero attached hydrogens (tertiary/aromatic N) is 4. The molecule has 0 aromatic carbocycles. The van der Waals surface area contributed by atoms with Gasteiger partial charge in [0.1, 0.15) is 0 Å². The molecule has 0 unspecified atom stereocenters. The second kappa shape index (κ2) is 4.82. The van der Waals surface area contributed by atoms with E-state index in [1.165, 1.54) is 12.4 Å². The second-order valence-electron chi connectivity index (χ2n) is 3.81. The molecule has 2 aromatic rings. The molecule has 2 aromatic heterocycles. The lowest BCUT2D eigenvalue weighted by molar-refractivity contribution is 0.0697. The minimum atomic E-state index is -0.960. The molecule has 6 nitrogen and oxygen atoms in total. The molecule has 0 atom stereocenters. The molecule has 0 radical (unpaired) electrons. The fraction of sp³-hybridized carbons (Fsp3) is 0.364. The molecule has 90 valence electrons. The Kier molecular flexibility index (Phi) is 3.22. The Balaban J connectivity index is 2.13. The van der Waals surface area contributed by atoms with E-state index in [1.54, 1.807) is 17.2 Å². The van der Waals surface area contributed by atoms with Crippen LogP contribution in [0.4, 0.5) is 0 Å². The fourth-order valence-corrected chi connectivity index (χ4v) is 1.65. The molecular formula is C11H14N4O2. The van der Waals surface area contributed by atoms with Gasteiger partial charge in [0.05, 0.1) is 36.5 Å². The van der Waals surface area contributed by atoms with Gasteiger partial charge in [0, 0.05) is 12.7 Å². The highest BCUT2D eigenvalue weighted by Crippen LogP contribution is 2.05. The number of hydrogen-bond donors (Lipinski definition) is 1. The number of carbonyl (C=O) groups is 1. The predicted molar refractivity (Wildman–Crippen MR) is 60.8 cm³/mol. The van der Waals surface area contributed by atoms with Crippen molar-refractivity contribution in [2.24, 2.45) is 0 Å². The van der Waals surface area contributed by atoms with Crippen LogP contribution in [0.3, 0.4) is 0 Å². The zero-order chi connectivity index (χ0) is 12.3. The van der Waals surface area contributed by atoms with Gasteiger partial charge in [0.15, 0.2) is 0 Å². The Hall–Kier alpha value is -2.11. The van der Waals surface area contributed by atoms with Gasteiger partial charge in [-0.2, -0.15) is 5.10 Å². The number of carboxylic acids is 1. The van der Waals surface area contributed by atoms with Crippen LogP contribution >= 0.6 is 0 Å². The summed E-state index contributed by atoms with van der Waals surface area (Å²) in [6.07, 6.45) is 7.45. The lowest BCUT2D eigenvalue weighted by atomic mass is 10.4. The van der Waals surface area contributed by atoms with Crippen molar-refractivity contribution in [2.75, 3.05) is 0 Å². The van der Waals surface area contributed by atoms with Gasteiger partial charge < -0.3 is 9.67 Å². The van der Waals surface area contributed by atoms with Crippen LogP contribution in [-0.4, -0.2) is 30.4 Å². The summed E-state index contributed by atoms with van der Waals surface area (Å²) in [6, 6.07) is 0. The highest BCUT2D eigenvalue weighted by atomic mass is 16.4. The van der Waals surface area contributed by atoms with Crippen molar-refractivity contribution >= 4 is 5.97 Å². The lowest BCUT2D eigenvalue weighted by Gasteiger charge is -2.06. The van der Waals surface area contributed by atoms with Crippen molar-refractivity contribution in [1.82, 2.24) is 19.3 Å². The summed E-state index contributed by atoms with van der Waals surface area (Å²) >= 11 is 0. The predicted octanol–water partition coefficient (Wildman–Crippen LogP) is 1.24. The van der Waals surface area contributed by atoms with Crippen molar-refractivity contribution in [2.45, 2.75) is 26.4 Å². The molecule has 0 bridgehead atoms. The van der Waals surface area contributed by atoms with Crippen LogP contribution in [-0.2, 0) is 13.1 Å². The van der Waals surface area contributed by atoms with Crippen LogP contribution in [0.25, 0.3) is 0 Å². The van der Waals surface area contributed by atoms with E-state index in [0.717, 1.165) is 18.7 Å². The van der Waals surface area contributed by atoms with Crippen LogP contribution in [0.1, 0.15) is 29.4 Å². The van der Waals surface area contributed by atoms with E-state index in [-0.39, 0.29) is 5.56 Å². The fourth-order valence-electron chi connectivity index (χ4n) is 1.65. The number of rotatable bonds is 5. The molecule has 0 fully saturated rings. The summed E-state index contributed by atoms with van der Waals surface area (Å²) in [5, 5.41) is 12.8. The number of aromatic carboxylic acids is 1. The molecule has 0 saturated heterocycles. The molecule has 2 rings (SSSR count). The van der Waals surface area contributed by atoms with Gasteiger partial charge >= 0.3 is 5.97 Å². The van der Waals surface area contributed by atoms with E-state index in [9.17, 15) is 4.79 Å². The second-order valence-corrected chi connectivity index (χ2v) is 3.81. The summed E-state index contributed by atoms with van der Waals surface area (Å²) in [4.78, 5) is 14.8. The van der Waals surface area contributed by atoms with Gasteiger partial charge in [-0.15, -0.1) is 0 Å². The van der Waals surface area contributed by atoms with E-state index >= 15 is 0 Å². The van der Waals surface area contributed by atoms with Crippen molar-refractivity contribution in [1.29, 1.82) is 0 Å². The Labute approximate surface area is 98.5 Å². The largest absolute Gasteiger partial charge is 0.478 e. The van der Waals surface area contributed by atoms with Gasteiger partial charge in [-0.05, 0) is 6.42 Å². The highest BCUT2D eigenvalue weighted by Gasteiger charge is 2.08. The third-order valence-electron chi connectivity index (χ3n) is 2.47. The van der Waals surface area contributed by atoms with Crippen LogP contribution in [0.2, 0.25) is 0 Å². The number of aromatic nitrogens is 4. The SMILES string of the molecule is CCCn1cncc1Cn1cc(C(=O)O)cn1. The van der Waals surface area contributed by atoms with Gasteiger partial charge in [-0.1, -0.05) is 6.92 Å². The number of hydrogen-bond acceptors (Lipinski definition) is 3. The molecule has 0 aliphatic heterocycles. The highest BCUT2D eigenvalue weighted by molar-refractivity contribution is 5.86.